The quantitative estimate of drug-likeness (QED) is 0.722. The Bertz CT molecular complexity index is 206. The number of rotatable bonds is 5. The molecule has 1 fully saturated rings. The molecular weight excluding hydrogens is 202 g/mol. The summed E-state index contributed by atoms with van der Waals surface area (Å²) in [6.45, 7) is 9.66. The number of nitrogens with one attached hydrogen (secondary N) is 2. The van der Waals surface area contributed by atoms with E-state index in [2.05, 4.69) is 24.5 Å². The lowest BCUT2D eigenvalue weighted by Gasteiger charge is -2.32. The summed E-state index contributed by atoms with van der Waals surface area (Å²) < 4.78 is 0. The molecular formula is C12H25N3O. The lowest BCUT2D eigenvalue weighted by molar-refractivity contribution is -0.133. The number of piperazine rings is 1. The van der Waals surface area contributed by atoms with Crippen molar-refractivity contribution in [2.75, 3.05) is 26.2 Å². The molecule has 0 radical (unpaired) electrons. The molecule has 4 heteroatoms. The first-order valence-electron chi connectivity index (χ1n) is 6.44. The van der Waals surface area contributed by atoms with Gasteiger partial charge in [0.25, 0.3) is 0 Å². The van der Waals surface area contributed by atoms with Gasteiger partial charge in [-0.3, -0.25) is 4.79 Å². The monoisotopic (exact) mass is 227 g/mol. The Morgan fingerprint density at radius 2 is 2.06 bits per heavy atom. The average Bonchev–Trinajstić information content (AvgIpc) is 2.30. The van der Waals surface area contributed by atoms with E-state index >= 15 is 0 Å². The fraction of sp³-hybridized carbons (Fsp3) is 0.917. The number of hydrogen-bond acceptors (Lipinski definition) is 3. The van der Waals surface area contributed by atoms with Crippen molar-refractivity contribution in [3.8, 4) is 0 Å². The standard InChI is InChI=1S/C12H25N3O/c1-4-6-7-15(5-2)12(16)11-9-13-10(3)8-14-11/h10-11,13-14H,4-9H2,1-3H3. The van der Waals surface area contributed by atoms with E-state index in [-0.39, 0.29) is 11.9 Å². The maximum Gasteiger partial charge on any atom is 0.241 e. The van der Waals surface area contributed by atoms with Crippen LogP contribution in [0.3, 0.4) is 0 Å². The van der Waals surface area contributed by atoms with E-state index in [1.807, 2.05) is 11.8 Å². The largest absolute Gasteiger partial charge is 0.342 e. The molecule has 2 N–H and O–H groups in total. The molecule has 1 rings (SSSR count). The second kappa shape index (κ2) is 6.86. The van der Waals surface area contributed by atoms with Gasteiger partial charge < -0.3 is 15.5 Å². The molecule has 0 aromatic heterocycles. The van der Waals surface area contributed by atoms with Crippen molar-refractivity contribution < 1.29 is 4.79 Å². The minimum absolute atomic E-state index is 0.0343. The van der Waals surface area contributed by atoms with Crippen LogP contribution >= 0.6 is 0 Å². The van der Waals surface area contributed by atoms with Crippen LogP contribution in [-0.2, 0) is 4.79 Å². The number of hydrogen-bond donors (Lipinski definition) is 2. The second-order valence-electron chi connectivity index (χ2n) is 4.54. The summed E-state index contributed by atoms with van der Waals surface area (Å²) in [4.78, 5) is 14.1. The number of amides is 1. The molecule has 0 bridgehead atoms. The van der Waals surface area contributed by atoms with Gasteiger partial charge in [-0.1, -0.05) is 13.3 Å². The van der Waals surface area contributed by atoms with Crippen molar-refractivity contribution in [2.24, 2.45) is 0 Å². The van der Waals surface area contributed by atoms with E-state index in [9.17, 15) is 4.79 Å². The van der Waals surface area contributed by atoms with Gasteiger partial charge in [0.15, 0.2) is 0 Å². The Morgan fingerprint density at radius 1 is 1.31 bits per heavy atom. The molecule has 0 saturated carbocycles. The highest BCUT2D eigenvalue weighted by molar-refractivity contribution is 5.82. The van der Waals surface area contributed by atoms with Gasteiger partial charge in [0.1, 0.15) is 0 Å². The van der Waals surface area contributed by atoms with E-state index < -0.39 is 0 Å². The van der Waals surface area contributed by atoms with Crippen molar-refractivity contribution in [1.82, 2.24) is 15.5 Å². The Kier molecular flexibility index (Phi) is 5.77. The zero-order chi connectivity index (χ0) is 12.0. The smallest absolute Gasteiger partial charge is 0.241 e. The number of nitrogens with zero attached hydrogens (tertiary/aromatic N) is 1. The normalized spacial score (nSPS) is 25.4. The summed E-state index contributed by atoms with van der Waals surface area (Å²) in [5.74, 6) is 0.246. The van der Waals surface area contributed by atoms with Crippen molar-refractivity contribution >= 4 is 5.91 Å². The van der Waals surface area contributed by atoms with E-state index in [0.29, 0.717) is 6.04 Å². The van der Waals surface area contributed by atoms with Gasteiger partial charge in [0, 0.05) is 32.2 Å². The van der Waals surface area contributed by atoms with Crippen LogP contribution < -0.4 is 10.6 Å². The van der Waals surface area contributed by atoms with Gasteiger partial charge in [-0.2, -0.15) is 0 Å². The van der Waals surface area contributed by atoms with Gasteiger partial charge in [-0.25, -0.2) is 0 Å². The molecule has 0 aromatic carbocycles. The SMILES string of the molecule is CCCCN(CC)C(=O)C1CNC(C)CN1. The maximum absolute atomic E-state index is 12.2. The van der Waals surface area contributed by atoms with Crippen LogP contribution in [0, 0.1) is 0 Å². The van der Waals surface area contributed by atoms with Gasteiger partial charge in [0.05, 0.1) is 6.04 Å². The first-order chi connectivity index (χ1) is 7.69. The second-order valence-corrected chi connectivity index (χ2v) is 4.54. The number of carbonyl (C=O) groups is 1. The Morgan fingerprint density at radius 3 is 2.56 bits per heavy atom. The fourth-order valence-corrected chi connectivity index (χ4v) is 1.95. The van der Waals surface area contributed by atoms with E-state index in [1.54, 1.807) is 0 Å². The summed E-state index contributed by atoms with van der Waals surface area (Å²) >= 11 is 0. The van der Waals surface area contributed by atoms with Crippen LogP contribution in [0.4, 0.5) is 0 Å². The number of likely N-dealkylation sites (N-methyl/N-ethyl adjacent to an activating group) is 1. The van der Waals surface area contributed by atoms with Gasteiger partial charge in [-0.05, 0) is 20.3 Å². The molecule has 1 aliphatic rings. The summed E-state index contributed by atoms with van der Waals surface area (Å²) in [6, 6.07) is 0.433. The molecule has 0 aliphatic carbocycles. The molecule has 4 nitrogen and oxygen atoms in total. The van der Waals surface area contributed by atoms with Crippen LogP contribution in [0.1, 0.15) is 33.6 Å². The zero-order valence-electron chi connectivity index (χ0n) is 10.8. The zero-order valence-corrected chi connectivity index (χ0v) is 10.8. The minimum Gasteiger partial charge on any atom is -0.342 e. The maximum atomic E-state index is 12.2. The highest BCUT2D eigenvalue weighted by Gasteiger charge is 2.26. The lowest BCUT2D eigenvalue weighted by atomic mass is 10.1. The van der Waals surface area contributed by atoms with Crippen molar-refractivity contribution in [2.45, 2.75) is 45.7 Å². The first kappa shape index (κ1) is 13.5. The molecule has 2 unspecified atom stereocenters. The number of carbonyl (C=O) groups excluding carboxylic acids is 1. The summed E-state index contributed by atoms with van der Waals surface area (Å²) in [6.07, 6.45) is 2.23. The summed E-state index contributed by atoms with van der Waals surface area (Å²) in [5, 5.41) is 6.64. The molecule has 16 heavy (non-hydrogen) atoms. The average molecular weight is 227 g/mol. The molecule has 2 atom stereocenters. The van der Waals surface area contributed by atoms with E-state index in [4.69, 9.17) is 0 Å². The van der Waals surface area contributed by atoms with Crippen LogP contribution in [0.5, 0.6) is 0 Å². The molecule has 1 amide bonds. The van der Waals surface area contributed by atoms with E-state index in [1.165, 1.54) is 0 Å². The van der Waals surface area contributed by atoms with Crippen molar-refractivity contribution in [3.63, 3.8) is 0 Å². The molecule has 0 aromatic rings. The predicted octanol–water partition coefficient (Wildman–Crippen LogP) is 0.585. The summed E-state index contributed by atoms with van der Waals surface area (Å²) in [7, 11) is 0. The molecule has 1 heterocycles. The predicted molar refractivity (Wildman–Crippen MR) is 66.4 cm³/mol. The van der Waals surface area contributed by atoms with Crippen LogP contribution in [0.2, 0.25) is 0 Å². The fourth-order valence-electron chi connectivity index (χ4n) is 1.95. The molecule has 0 spiro atoms. The minimum atomic E-state index is -0.0343. The van der Waals surface area contributed by atoms with Gasteiger partial charge in [0.2, 0.25) is 5.91 Å². The third kappa shape index (κ3) is 3.76. The van der Waals surface area contributed by atoms with E-state index in [0.717, 1.165) is 39.0 Å². The van der Waals surface area contributed by atoms with Crippen LogP contribution in [-0.4, -0.2) is 49.1 Å². The van der Waals surface area contributed by atoms with Gasteiger partial charge >= 0.3 is 0 Å². The third-order valence-electron chi connectivity index (χ3n) is 3.11. The summed E-state index contributed by atoms with van der Waals surface area (Å²) in [5.41, 5.74) is 0. The number of unbranched alkanes of at least 4 members (excludes halogenated alkanes) is 1. The molecule has 94 valence electrons. The van der Waals surface area contributed by atoms with Crippen molar-refractivity contribution in [1.29, 1.82) is 0 Å². The third-order valence-corrected chi connectivity index (χ3v) is 3.11. The lowest BCUT2D eigenvalue weighted by Crippen LogP contribution is -2.59. The van der Waals surface area contributed by atoms with Crippen LogP contribution in [0.15, 0.2) is 0 Å². The molecule has 1 aliphatic heterocycles. The molecule has 1 saturated heterocycles. The Balaban J connectivity index is 2.41. The highest BCUT2D eigenvalue weighted by atomic mass is 16.2. The highest BCUT2D eigenvalue weighted by Crippen LogP contribution is 2.02. The van der Waals surface area contributed by atoms with Gasteiger partial charge in [-0.15, -0.1) is 0 Å². The Hall–Kier alpha value is -0.610. The first-order valence-corrected chi connectivity index (χ1v) is 6.44. The van der Waals surface area contributed by atoms with Crippen LogP contribution in [0.25, 0.3) is 0 Å². The van der Waals surface area contributed by atoms with Crippen molar-refractivity contribution in [3.05, 3.63) is 0 Å². The topological polar surface area (TPSA) is 44.4 Å². The Labute approximate surface area is 98.8 Å².